The van der Waals surface area contributed by atoms with Crippen molar-refractivity contribution in [3.63, 3.8) is 0 Å². The number of hydrogen-bond acceptors (Lipinski definition) is 4. The number of esters is 2. The maximum atomic E-state index is 13.0. The molecule has 4 heteroatoms. The molecule has 0 unspecified atom stereocenters. The average molecular weight is 432 g/mol. The lowest BCUT2D eigenvalue weighted by Crippen LogP contribution is -2.13. The zero-order chi connectivity index (χ0) is 22.6. The van der Waals surface area contributed by atoms with E-state index >= 15 is 0 Å². The van der Waals surface area contributed by atoms with Gasteiger partial charge in [0.25, 0.3) is 0 Å². The second-order valence-electron chi connectivity index (χ2n) is 7.63. The van der Waals surface area contributed by atoms with Crippen molar-refractivity contribution >= 4 is 33.5 Å². The summed E-state index contributed by atoms with van der Waals surface area (Å²) in [5.41, 5.74) is 1.71. The number of carbonyl (C=O) groups is 2. The van der Waals surface area contributed by atoms with E-state index in [-0.39, 0.29) is 0 Å². The molecule has 0 aliphatic heterocycles. The van der Waals surface area contributed by atoms with Crippen molar-refractivity contribution in [2.75, 3.05) is 0 Å². The maximum Gasteiger partial charge on any atom is 0.346 e. The quantitative estimate of drug-likeness (QED) is 0.233. The van der Waals surface area contributed by atoms with Gasteiger partial charge in [0.15, 0.2) is 0 Å². The highest BCUT2D eigenvalue weighted by Gasteiger charge is 2.19. The molecule has 0 fully saturated rings. The fraction of sp³-hybridized carbons (Fsp3) is 0.0345. The van der Waals surface area contributed by atoms with Crippen molar-refractivity contribution in [3.8, 4) is 5.75 Å². The molecule has 0 heterocycles. The van der Waals surface area contributed by atoms with E-state index in [9.17, 15) is 9.59 Å². The summed E-state index contributed by atoms with van der Waals surface area (Å²) < 4.78 is 11.3. The predicted octanol–water partition coefficient (Wildman–Crippen LogP) is 6.57. The number of ether oxygens (including phenoxy) is 2. The number of hydrogen-bond donors (Lipinski definition) is 0. The first-order valence-corrected chi connectivity index (χ1v) is 10.6. The van der Waals surface area contributed by atoms with Crippen LogP contribution in [0.5, 0.6) is 5.75 Å². The van der Waals surface area contributed by atoms with E-state index in [1.54, 1.807) is 24.3 Å². The standard InChI is InChI=1S/C29H20O4/c30-28(25-16-6-12-21-11-4-5-13-22(21)25)33-29(31)26-17-7-15-24-23(26)14-8-18-27(24)32-19-20-9-2-1-3-10-20/h1-18H,19H2. The zero-order valence-corrected chi connectivity index (χ0v) is 17.7. The van der Waals surface area contributed by atoms with Gasteiger partial charge in [0.2, 0.25) is 0 Å². The van der Waals surface area contributed by atoms with Crippen LogP contribution in [0.2, 0.25) is 0 Å². The minimum Gasteiger partial charge on any atom is -0.488 e. The Morgan fingerprint density at radius 1 is 0.545 bits per heavy atom. The summed E-state index contributed by atoms with van der Waals surface area (Å²) >= 11 is 0. The maximum absolute atomic E-state index is 13.0. The summed E-state index contributed by atoms with van der Waals surface area (Å²) in [5.74, 6) is -0.713. The molecule has 160 valence electrons. The lowest BCUT2D eigenvalue weighted by atomic mass is 10.0. The minimum absolute atomic E-state index is 0.311. The Bertz CT molecular complexity index is 1470. The third kappa shape index (κ3) is 4.19. The monoisotopic (exact) mass is 432 g/mol. The second kappa shape index (κ2) is 8.97. The largest absolute Gasteiger partial charge is 0.488 e. The predicted molar refractivity (Wildman–Crippen MR) is 128 cm³/mol. The Hall–Kier alpha value is -4.44. The van der Waals surface area contributed by atoms with Gasteiger partial charge in [-0.2, -0.15) is 0 Å². The zero-order valence-electron chi connectivity index (χ0n) is 17.7. The van der Waals surface area contributed by atoms with E-state index in [4.69, 9.17) is 9.47 Å². The van der Waals surface area contributed by atoms with Crippen molar-refractivity contribution in [2.24, 2.45) is 0 Å². The molecule has 0 saturated heterocycles. The van der Waals surface area contributed by atoms with Crippen LogP contribution < -0.4 is 4.74 Å². The van der Waals surface area contributed by atoms with Crippen LogP contribution in [-0.4, -0.2) is 11.9 Å². The Balaban J connectivity index is 1.42. The first-order valence-electron chi connectivity index (χ1n) is 10.6. The van der Waals surface area contributed by atoms with Crippen LogP contribution in [-0.2, 0) is 11.3 Å². The van der Waals surface area contributed by atoms with E-state index in [2.05, 4.69) is 0 Å². The van der Waals surface area contributed by atoms with E-state index in [0.29, 0.717) is 28.9 Å². The van der Waals surface area contributed by atoms with Crippen LogP contribution in [0.25, 0.3) is 21.5 Å². The van der Waals surface area contributed by atoms with Gasteiger partial charge < -0.3 is 9.47 Å². The van der Waals surface area contributed by atoms with Gasteiger partial charge in [-0.3, -0.25) is 0 Å². The third-order valence-electron chi connectivity index (χ3n) is 5.53. The summed E-state index contributed by atoms with van der Waals surface area (Å²) in [5, 5.41) is 3.09. The minimum atomic E-state index is -0.696. The molecule has 5 rings (SSSR count). The van der Waals surface area contributed by atoms with Crippen molar-refractivity contribution in [3.05, 3.63) is 126 Å². The van der Waals surface area contributed by atoms with Gasteiger partial charge in [0, 0.05) is 5.39 Å². The molecule has 33 heavy (non-hydrogen) atoms. The fourth-order valence-corrected chi connectivity index (χ4v) is 3.92. The summed E-state index contributed by atoms with van der Waals surface area (Å²) in [6.07, 6.45) is 0. The number of rotatable bonds is 5. The first-order chi connectivity index (χ1) is 16.2. The molecule has 0 aliphatic rings. The lowest BCUT2D eigenvalue weighted by Gasteiger charge is -2.12. The van der Waals surface area contributed by atoms with E-state index < -0.39 is 11.9 Å². The molecule has 0 bridgehead atoms. The molecule has 0 atom stereocenters. The van der Waals surface area contributed by atoms with Crippen LogP contribution in [0.4, 0.5) is 0 Å². The van der Waals surface area contributed by atoms with Crippen LogP contribution in [0.15, 0.2) is 109 Å². The van der Waals surface area contributed by atoms with Gasteiger partial charge in [0.1, 0.15) is 12.4 Å². The Morgan fingerprint density at radius 2 is 1.12 bits per heavy atom. The molecule has 0 saturated carbocycles. The first kappa shape index (κ1) is 20.5. The summed E-state index contributed by atoms with van der Waals surface area (Å²) in [7, 11) is 0. The molecule has 5 aromatic rings. The van der Waals surface area contributed by atoms with Gasteiger partial charge in [0.05, 0.1) is 11.1 Å². The summed E-state index contributed by atoms with van der Waals surface area (Å²) in [6, 6.07) is 33.5. The van der Waals surface area contributed by atoms with E-state index in [1.165, 1.54) is 0 Å². The molecule has 0 spiro atoms. The topological polar surface area (TPSA) is 52.6 Å². The Morgan fingerprint density at radius 3 is 1.94 bits per heavy atom. The Kier molecular flexibility index (Phi) is 5.56. The highest BCUT2D eigenvalue weighted by atomic mass is 16.6. The normalized spacial score (nSPS) is 10.8. The van der Waals surface area contributed by atoms with Gasteiger partial charge in [-0.1, -0.05) is 91.0 Å². The van der Waals surface area contributed by atoms with Crippen LogP contribution in [0.1, 0.15) is 26.3 Å². The molecule has 5 aromatic carbocycles. The van der Waals surface area contributed by atoms with Gasteiger partial charge in [-0.15, -0.1) is 0 Å². The number of carbonyl (C=O) groups excluding carboxylic acids is 2. The Labute approximate surface area is 191 Å². The highest BCUT2D eigenvalue weighted by Crippen LogP contribution is 2.29. The lowest BCUT2D eigenvalue weighted by molar-refractivity contribution is 0.0400. The fourth-order valence-electron chi connectivity index (χ4n) is 3.92. The molecule has 0 N–H and O–H groups in total. The van der Waals surface area contributed by atoms with Crippen LogP contribution in [0.3, 0.4) is 0 Å². The molecular formula is C29H20O4. The molecule has 0 aliphatic carbocycles. The number of fused-ring (bicyclic) bond motifs is 2. The van der Waals surface area contributed by atoms with Crippen molar-refractivity contribution < 1.29 is 19.1 Å². The van der Waals surface area contributed by atoms with Gasteiger partial charge in [-0.05, 0) is 39.9 Å². The molecule has 4 nitrogen and oxygen atoms in total. The third-order valence-corrected chi connectivity index (χ3v) is 5.53. The molecule has 0 aromatic heterocycles. The van der Waals surface area contributed by atoms with Gasteiger partial charge >= 0.3 is 11.9 Å². The van der Waals surface area contributed by atoms with Crippen LogP contribution in [0, 0.1) is 0 Å². The molecular weight excluding hydrogens is 412 g/mol. The molecule has 0 amide bonds. The second-order valence-corrected chi connectivity index (χ2v) is 7.63. The highest BCUT2D eigenvalue weighted by molar-refractivity contribution is 6.13. The number of benzene rings is 5. The van der Waals surface area contributed by atoms with E-state index in [0.717, 1.165) is 21.7 Å². The van der Waals surface area contributed by atoms with Crippen molar-refractivity contribution in [1.29, 1.82) is 0 Å². The van der Waals surface area contributed by atoms with E-state index in [1.807, 2.05) is 84.9 Å². The molecule has 0 radical (unpaired) electrons. The smallest absolute Gasteiger partial charge is 0.346 e. The van der Waals surface area contributed by atoms with Crippen molar-refractivity contribution in [2.45, 2.75) is 6.61 Å². The summed E-state index contributed by atoms with van der Waals surface area (Å²) in [4.78, 5) is 25.8. The van der Waals surface area contributed by atoms with Crippen LogP contribution >= 0.6 is 0 Å². The van der Waals surface area contributed by atoms with Gasteiger partial charge in [-0.25, -0.2) is 9.59 Å². The summed E-state index contributed by atoms with van der Waals surface area (Å²) in [6.45, 7) is 0.411. The SMILES string of the molecule is O=C(OC(=O)c1cccc2c(OCc3ccccc3)cccc12)c1cccc2ccccc12. The van der Waals surface area contributed by atoms with Crippen molar-refractivity contribution in [1.82, 2.24) is 0 Å². The average Bonchev–Trinajstić information content (AvgIpc) is 2.87.